The number of benzene rings is 1. The van der Waals surface area contributed by atoms with E-state index in [4.69, 9.17) is 4.42 Å². The van der Waals surface area contributed by atoms with E-state index < -0.39 is 0 Å². The van der Waals surface area contributed by atoms with Gasteiger partial charge in [0, 0.05) is 24.0 Å². The first-order valence-corrected chi connectivity index (χ1v) is 10.1. The van der Waals surface area contributed by atoms with E-state index in [1.54, 1.807) is 0 Å². The van der Waals surface area contributed by atoms with Crippen LogP contribution in [0.2, 0.25) is 0 Å². The Morgan fingerprint density at radius 2 is 1.89 bits per heavy atom. The highest BCUT2D eigenvalue weighted by Crippen LogP contribution is 2.35. The molecule has 0 atom stereocenters. The van der Waals surface area contributed by atoms with Crippen LogP contribution in [0.3, 0.4) is 0 Å². The summed E-state index contributed by atoms with van der Waals surface area (Å²) < 4.78 is 5.58. The van der Waals surface area contributed by atoms with Crippen LogP contribution in [0, 0.1) is 6.92 Å². The van der Waals surface area contributed by atoms with Crippen molar-refractivity contribution in [2.75, 3.05) is 6.54 Å². The zero-order chi connectivity index (χ0) is 18.7. The molecule has 150 valence electrons. The Morgan fingerprint density at radius 3 is 2.52 bits per heavy atom. The summed E-state index contributed by atoms with van der Waals surface area (Å²) in [6.07, 6.45) is 8.09. The molecule has 4 nitrogen and oxygen atoms in total. The number of hydrogen-bond donors (Lipinski definition) is 1. The van der Waals surface area contributed by atoms with E-state index in [1.165, 1.54) is 38.2 Å². The second kappa shape index (κ2) is 9.61. The third kappa shape index (κ3) is 4.67. The number of rotatable bonds is 6. The summed E-state index contributed by atoms with van der Waals surface area (Å²) in [4.78, 5) is 14.4. The topological polar surface area (TPSA) is 53.7 Å². The molecule has 0 unspecified atom stereocenters. The predicted molar refractivity (Wildman–Crippen MR) is 113 cm³/mol. The molecule has 1 aromatic carbocycles. The van der Waals surface area contributed by atoms with Crippen LogP contribution in [0.25, 0.3) is 11.0 Å². The second-order valence-corrected chi connectivity index (χ2v) is 7.59. The Morgan fingerprint density at radius 1 is 1.19 bits per heavy atom. The smallest absolute Gasteiger partial charge is 0.336 e. The van der Waals surface area contributed by atoms with E-state index in [1.807, 2.05) is 13.0 Å². The van der Waals surface area contributed by atoms with Crippen molar-refractivity contribution in [2.24, 2.45) is 0 Å². The van der Waals surface area contributed by atoms with Gasteiger partial charge in [-0.3, -0.25) is 4.90 Å². The Balaban J connectivity index is 0.00000261. The fourth-order valence-corrected chi connectivity index (χ4v) is 4.32. The van der Waals surface area contributed by atoms with E-state index >= 15 is 0 Å². The molecule has 2 aromatic rings. The highest BCUT2D eigenvalue weighted by Gasteiger charge is 2.24. The monoisotopic (exact) mass is 393 g/mol. The lowest BCUT2D eigenvalue weighted by molar-refractivity contribution is 0.154. The summed E-state index contributed by atoms with van der Waals surface area (Å²) in [5.74, 6) is 0.308. The lowest BCUT2D eigenvalue weighted by Crippen LogP contribution is -2.36. The van der Waals surface area contributed by atoms with Crippen LogP contribution >= 0.6 is 12.4 Å². The molecule has 0 saturated heterocycles. The molecule has 0 aliphatic heterocycles. The molecule has 1 aliphatic carbocycles. The molecule has 5 heteroatoms. The molecule has 27 heavy (non-hydrogen) atoms. The summed E-state index contributed by atoms with van der Waals surface area (Å²) in [6, 6.07) is 4.08. The van der Waals surface area contributed by atoms with Gasteiger partial charge in [0.2, 0.25) is 0 Å². The molecule has 0 amide bonds. The lowest BCUT2D eigenvalue weighted by Gasteiger charge is -2.34. The molecule has 1 aliphatic rings. The van der Waals surface area contributed by atoms with Gasteiger partial charge in [0.1, 0.15) is 11.3 Å². The Bertz CT molecular complexity index is 824. The van der Waals surface area contributed by atoms with Gasteiger partial charge in [-0.1, -0.05) is 39.5 Å². The summed E-state index contributed by atoms with van der Waals surface area (Å²) in [7, 11) is 0. The second-order valence-electron chi connectivity index (χ2n) is 7.59. The van der Waals surface area contributed by atoms with Crippen molar-refractivity contribution in [3.63, 3.8) is 0 Å². The zero-order valence-electron chi connectivity index (χ0n) is 16.7. The van der Waals surface area contributed by atoms with Crippen molar-refractivity contribution in [1.82, 2.24) is 4.90 Å². The average Bonchev–Trinajstić information content (AvgIpc) is 2.63. The van der Waals surface area contributed by atoms with Crippen LogP contribution in [-0.2, 0) is 13.0 Å². The minimum absolute atomic E-state index is 0. The van der Waals surface area contributed by atoms with Crippen molar-refractivity contribution in [1.29, 1.82) is 0 Å². The first-order valence-electron chi connectivity index (χ1n) is 10.1. The number of fused-ring (bicyclic) bond motifs is 1. The van der Waals surface area contributed by atoms with Crippen molar-refractivity contribution in [3.05, 3.63) is 39.2 Å². The Hall–Kier alpha value is -1.52. The number of aromatic hydroxyl groups is 1. The van der Waals surface area contributed by atoms with Gasteiger partial charge < -0.3 is 9.52 Å². The van der Waals surface area contributed by atoms with E-state index in [2.05, 4.69) is 18.7 Å². The van der Waals surface area contributed by atoms with E-state index in [-0.39, 0.29) is 18.0 Å². The molecule has 1 aromatic heterocycles. The Kier molecular flexibility index (Phi) is 7.75. The molecule has 1 heterocycles. The average molecular weight is 394 g/mol. The normalized spacial score (nSPS) is 15.3. The van der Waals surface area contributed by atoms with Gasteiger partial charge >= 0.3 is 5.63 Å². The highest BCUT2D eigenvalue weighted by molar-refractivity contribution is 5.86. The molecule has 0 spiro atoms. The highest BCUT2D eigenvalue weighted by atomic mass is 35.5. The van der Waals surface area contributed by atoms with Crippen molar-refractivity contribution >= 4 is 23.4 Å². The SMILES string of the molecule is CCCc1cc2c(C)cc(=O)oc2c(CN(CC)C2CCCCC2)c1O.Cl. The van der Waals surface area contributed by atoms with Gasteiger partial charge in [0.25, 0.3) is 0 Å². The Labute approximate surface area is 168 Å². The molecule has 0 radical (unpaired) electrons. The minimum Gasteiger partial charge on any atom is -0.507 e. The molecule has 1 saturated carbocycles. The molecule has 0 bridgehead atoms. The zero-order valence-corrected chi connectivity index (χ0v) is 17.5. The van der Waals surface area contributed by atoms with Crippen LogP contribution in [0.1, 0.15) is 69.1 Å². The van der Waals surface area contributed by atoms with Crippen LogP contribution in [0.15, 0.2) is 21.3 Å². The largest absolute Gasteiger partial charge is 0.507 e. The standard InChI is InChI=1S/C22H31NO3.ClH/c1-4-9-16-13-18-15(3)12-20(24)26-22(18)19(21(16)25)14-23(5-2)17-10-7-6-8-11-17;/h12-13,17,25H,4-11,14H2,1-3H3;1H. The van der Waals surface area contributed by atoms with Gasteiger partial charge in [-0.05, 0) is 49.9 Å². The van der Waals surface area contributed by atoms with Crippen LogP contribution in [-0.4, -0.2) is 22.6 Å². The van der Waals surface area contributed by atoms with E-state index in [9.17, 15) is 9.90 Å². The first kappa shape index (κ1) is 21.8. The summed E-state index contributed by atoms with van der Waals surface area (Å²) in [6.45, 7) is 7.79. The number of phenols is 1. The predicted octanol–water partition coefficient (Wildman–Crippen LogP) is 5.34. The molecule has 1 fully saturated rings. The van der Waals surface area contributed by atoms with E-state index in [0.29, 0.717) is 23.9 Å². The van der Waals surface area contributed by atoms with Crippen LogP contribution in [0.4, 0.5) is 0 Å². The molecular weight excluding hydrogens is 362 g/mol. The van der Waals surface area contributed by atoms with Crippen molar-refractivity contribution in [2.45, 2.75) is 78.3 Å². The number of hydrogen-bond acceptors (Lipinski definition) is 4. The van der Waals surface area contributed by atoms with Crippen molar-refractivity contribution in [3.8, 4) is 5.75 Å². The maximum Gasteiger partial charge on any atom is 0.336 e. The maximum atomic E-state index is 12.0. The third-order valence-corrected chi connectivity index (χ3v) is 5.77. The van der Waals surface area contributed by atoms with Crippen LogP contribution in [0.5, 0.6) is 5.75 Å². The number of halogens is 1. The lowest BCUT2D eigenvalue weighted by atomic mass is 9.93. The van der Waals surface area contributed by atoms with E-state index in [0.717, 1.165) is 41.5 Å². The minimum atomic E-state index is -0.348. The van der Waals surface area contributed by atoms with Crippen LogP contribution < -0.4 is 5.63 Å². The summed E-state index contributed by atoms with van der Waals surface area (Å²) >= 11 is 0. The maximum absolute atomic E-state index is 12.0. The van der Waals surface area contributed by atoms with Crippen molar-refractivity contribution < 1.29 is 9.52 Å². The third-order valence-electron chi connectivity index (χ3n) is 5.77. The summed E-state index contributed by atoms with van der Waals surface area (Å²) in [5, 5.41) is 11.9. The summed E-state index contributed by atoms with van der Waals surface area (Å²) in [5.41, 5.74) is 2.85. The van der Waals surface area contributed by atoms with Gasteiger partial charge in [0.05, 0.1) is 5.56 Å². The fraction of sp³-hybridized carbons (Fsp3) is 0.591. The van der Waals surface area contributed by atoms with Gasteiger partial charge in [0.15, 0.2) is 0 Å². The number of aryl methyl sites for hydroxylation is 2. The number of nitrogens with zero attached hydrogens (tertiary/aromatic N) is 1. The fourth-order valence-electron chi connectivity index (χ4n) is 4.32. The number of phenolic OH excluding ortho intramolecular Hbond substituents is 1. The molecule has 1 N–H and O–H groups in total. The molecular formula is C22H32ClNO3. The van der Waals surface area contributed by atoms with Gasteiger partial charge in [-0.2, -0.15) is 0 Å². The first-order chi connectivity index (χ1) is 12.5. The molecule has 3 rings (SSSR count). The van der Waals surface area contributed by atoms with Gasteiger partial charge in [-0.15, -0.1) is 12.4 Å². The quantitative estimate of drug-likeness (QED) is 0.673. The van der Waals surface area contributed by atoms with Gasteiger partial charge in [-0.25, -0.2) is 4.79 Å².